The van der Waals surface area contributed by atoms with Crippen LogP contribution in [-0.4, -0.2) is 49.3 Å². The van der Waals surface area contributed by atoms with Crippen molar-refractivity contribution >= 4 is 11.8 Å². The zero-order valence-corrected chi connectivity index (χ0v) is 25.7. The average Bonchev–Trinajstić information content (AvgIpc) is 3.48. The maximum absolute atomic E-state index is 14.3. The number of carbonyl (C=O) groups excluding carboxylic acids is 1. The topological polar surface area (TPSA) is 101 Å². The monoisotopic (exact) mass is 607 g/mol. The van der Waals surface area contributed by atoms with Gasteiger partial charge in [-0.2, -0.15) is 0 Å². The Hall–Kier alpha value is -4.66. The molecule has 0 aliphatic carbocycles. The van der Waals surface area contributed by atoms with Crippen LogP contribution in [0.2, 0.25) is 0 Å². The van der Waals surface area contributed by atoms with Crippen LogP contribution >= 0.6 is 0 Å². The molecule has 0 aromatic heterocycles. The average molecular weight is 608 g/mol. The van der Waals surface area contributed by atoms with Gasteiger partial charge < -0.3 is 19.3 Å². The van der Waals surface area contributed by atoms with Crippen LogP contribution in [0.4, 0.5) is 0 Å². The molecule has 3 N–H and O–H groups in total. The van der Waals surface area contributed by atoms with E-state index in [4.69, 9.17) is 24.3 Å². The minimum absolute atomic E-state index is 0.0719. The number of aliphatic imine (C=N–C) groups is 1. The van der Waals surface area contributed by atoms with E-state index in [1.807, 2.05) is 84.9 Å². The van der Waals surface area contributed by atoms with Gasteiger partial charge >= 0.3 is 0 Å². The van der Waals surface area contributed by atoms with Gasteiger partial charge in [0.25, 0.3) is 5.91 Å². The highest BCUT2D eigenvalue weighted by molar-refractivity contribution is 6.01. The first-order chi connectivity index (χ1) is 22.1. The van der Waals surface area contributed by atoms with Gasteiger partial charge in [-0.05, 0) is 72.4 Å². The quantitative estimate of drug-likeness (QED) is 0.113. The number of methoxy groups -OCH3 is 1. The predicted molar refractivity (Wildman–Crippen MR) is 175 cm³/mol. The maximum atomic E-state index is 14.3. The molecule has 0 bridgehead atoms. The summed E-state index contributed by atoms with van der Waals surface area (Å²) in [6, 6.07) is 35.3. The minimum atomic E-state index is -1.31. The van der Waals surface area contributed by atoms with Crippen LogP contribution in [0.25, 0.3) is 0 Å². The Balaban J connectivity index is 1.41. The van der Waals surface area contributed by atoms with E-state index < -0.39 is 11.6 Å². The van der Waals surface area contributed by atoms with Gasteiger partial charge in [-0.15, -0.1) is 0 Å². The number of benzene rings is 4. The fourth-order valence-corrected chi connectivity index (χ4v) is 5.43. The second-order valence-electron chi connectivity index (χ2n) is 11.1. The number of nitrogens with one attached hydrogen (secondary N) is 2. The van der Waals surface area contributed by atoms with Crippen molar-refractivity contribution in [1.29, 1.82) is 0 Å². The van der Waals surface area contributed by atoms with Crippen LogP contribution in [-0.2, 0) is 22.4 Å². The lowest BCUT2D eigenvalue weighted by molar-refractivity contribution is -0.130. The van der Waals surface area contributed by atoms with Gasteiger partial charge in [-0.3, -0.25) is 10.2 Å². The molecule has 5 rings (SSSR count). The molecule has 0 saturated carbocycles. The summed E-state index contributed by atoms with van der Waals surface area (Å²) in [7, 11) is 1.62. The first-order valence-electron chi connectivity index (χ1n) is 15.5. The Labute approximate surface area is 265 Å². The Bertz CT molecular complexity index is 1530. The third kappa shape index (κ3) is 8.29. The summed E-state index contributed by atoms with van der Waals surface area (Å²) in [4.78, 5) is 19.4. The third-order valence-electron chi connectivity index (χ3n) is 7.80. The Morgan fingerprint density at radius 1 is 0.867 bits per heavy atom. The van der Waals surface area contributed by atoms with Crippen molar-refractivity contribution in [1.82, 2.24) is 10.9 Å². The second kappa shape index (κ2) is 15.9. The van der Waals surface area contributed by atoms with E-state index in [9.17, 15) is 4.79 Å². The number of carbonyl (C=O) groups is 1. The summed E-state index contributed by atoms with van der Waals surface area (Å²) in [6.45, 7) is 1.12. The first kappa shape index (κ1) is 31.8. The van der Waals surface area contributed by atoms with Gasteiger partial charge in [0.2, 0.25) is 5.90 Å². The van der Waals surface area contributed by atoms with E-state index in [0.29, 0.717) is 43.4 Å². The van der Waals surface area contributed by atoms with Crippen LogP contribution in [0.3, 0.4) is 0 Å². The molecule has 2 atom stereocenters. The maximum Gasteiger partial charge on any atom is 0.266 e. The zero-order chi connectivity index (χ0) is 31.3. The van der Waals surface area contributed by atoms with E-state index in [1.165, 1.54) is 5.56 Å². The molecule has 0 saturated heterocycles. The molecule has 0 fully saturated rings. The normalized spacial score (nSPS) is 17.3. The molecule has 0 spiro atoms. The van der Waals surface area contributed by atoms with Crippen molar-refractivity contribution in [2.45, 2.75) is 43.7 Å². The summed E-state index contributed by atoms with van der Waals surface area (Å²) >= 11 is 0. The largest absolute Gasteiger partial charge is 0.497 e. The highest BCUT2D eigenvalue weighted by Crippen LogP contribution is 2.43. The van der Waals surface area contributed by atoms with Crippen molar-refractivity contribution in [3.8, 4) is 11.5 Å². The summed E-state index contributed by atoms with van der Waals surface area (Å²) in [5.74, 6) is 1.44. The standard InChI is InChI=1S/C37H41N3O5/c1-43-33-18-10-17-31(26-33)34-37(27-29-15-6-3-7-16-29,36(42)40-38-23-9-8-14-28-12-4-2-5-13-28)39-35(45-34)30-19-21-32(22-20-30)44-25-11-24-41/h2-7,10,12-13,15-22,26,34,38,41H,8-9,11,14,23-25,27H2,1H3,(H,40,42)/t34-,37-/m0/s1. The number of hydrogen-bond donors (Lipinski definition) is 3. The molecule has 0 radical (unpaired) electrons. The SMILES string of the molecule is COc1cccc([C@@H]2OC(c3ccc(OCCCO)cc3)=N[C@]2(Cc2ccccc2)C(=O)NNCCCCc2ccccc2)c1. The molecular formula is C37H41N3O5. The highest BCUT2D eigenvalue weighted by atomic mass is 16.5. The fraction of sp³-hybridized carbons (Fsp3) is 0.297. The second-order valence-corrected chi connectivity index (χ2v) is 11.1. The molecule has 4 aromatic carbocycles. The summed E-state index contributed by atoms with van der Waals surface area (Å²) in [6.07, 6.45) is 3.04. The van der Waals surface area contributed by atoms with E-state index >= 15 is 0 Å². The van der Waals surface area contributed by atoms with Crippen molar-refractivity contribution in [2.75, 3.05) is 26.9 Å². The lowest BCUT2D eigenvalue weighted by Gasteiger charge is -2.31. The van der Waals surface area contributed by atoms with E-state index in [2.05, 4.69) is 35.1 Å². The van der Waals surface area contributed by atoms with E-state index in [1.54, 1.807) is 7.11 Å². The smallest absolute Gasteiger partial charge is 0.266 e. The van der Waals surface area contributed by atoms with Crippen LogP contribution < -0.4 is 20.3 Å². The Morgan fingerprint density at radius 2 is 1.60 bits per heavy atom. The molecule has 8 heteroatoms. The molecule has 234 valence electrons. The molecule has 1 aliphatic heterocycles. The van der Waals surface area contributed by atoms with Gasteiger partial charge in [0, 0.05) is 31.6 Å². The highest BCUT2D eigenvalue weighted by Gasteiger charge is 2.53. The number of ether oxygens (including phenoxy) is 3. The lowest BCUT2D eigenvalue weighted by Crippen LogP contribution is -2.54. The van der Waals surface area contributed by atoms with Gasteiger partial charge in [0.15, 0.2) is 11.6 Å². The number of hydrogen-bond acceptors (Lipinski definition) is 7. The lowest BCUT2D eigenvalue weighted by atomic mass is 9.82. The molecule has 1 heterocycles. The fourth-order valence-electron chi connectivity index (χ4n) is 5.43. The molecule has 1 amide bonds. The number of hydrazine groups is 1. The summed E-state index contributed by atoms with van der Waals surface area (Å²) < 4.78 is 17.8. The summed E-state index contributed by atoms with van der Waals surface area (Å²) in [5.41, 5.74) is 8.60. The van der Waals surface area contributed by atoms with E-state index in [0.717, 1.165) is 36.0 Å². The number of rotatable bonds is 16. The Kier molecular flexibility index (Phi) is 11.2. The Morgan fingerprint density at radius 3 is 2.31 bits per heavy atom. The number of aryl methyl sites for hydroxylation is 1. The van der Waals surface area contributed by atoms with Gasteiger partial charge in [0.1, 0.15) is 11.5 Å². The van der Waals surface area contributed by atoms with Crippen molar-refractivity contribution < 1.29 is 24.1 Å². The number of unbranched alkanes of at least 4 members (excludes halogenated alkanes) is 1. The predicted octanol–water partition coefficient (Wildman–Crippen LogP) is 5.60. The van der Waals surface area contributed by atoms with Gasteiger partial charge in [0.05, 0.1) is 13.7 Å². The van der Waals surface area contributed by atoms with Crippen molar-refractivity contribution in [2.24, 2.45) is 4.99 Å². The minimum Gasteiger partial charge on any atom is -0.497 e. The molecule has 0 unspecified atom stereocenters. The molecule has 45 heavy (non-hydrogen) atoms. The van der Waals surface area contributed by atoms with Crippen LogP contribution in [0.15, 0.2) is 114 Å². The number of aliphatic hydroxyl groups excluding tert-OH is 1. The summed E-state index contributed by atoms with van der Waals surface area (Å²) in [5, 5.41) is 9.06. The van der Waals surface area contributed by atoms with Crippen LogP contribution in [0.1, 0.15) is 47.6 Å². The number of aliphatic hydroxyl groups is 1. The van der Waals surface area contributed by atoms with Crippen molar-refractivity contribution in [3.05, 3.63) is 131 Å². The van der Waals surface area contributed by atoms with Gasteiger partial charge in [-0.25, -0.2) is 10.4 Å². The van der Waals surface area contributed by atoms with Gasteiger partial charge in [-0.1, -0.05) is 72.8 Å². The first-order valence-corrected chi connectivity index (χ1v) is 15.5. The molecule has 1 aliphatic rings. The van der Waals surface area contributed by atoms with Crippen LogP contribution in [0, 0.1) is 0 Å². The molecule has 8 nitrogen and oxygen atoms in total. The van der Waals surface area contributed by atoms with E-state index in [-0.39, 0.29) is 12.5 Å². The van der Waals surface area contributed by atoms with Crippen LogP contribution in [0.5, 0.6) is 11.5 Å². The zero-order valence-electron chi connectivity index (χ0n) is 25.7. The van der Waals surface area contributed by atoms with Crippen molar-refractivity contribution in [3.63, 3.8) is 0 Å². The number of amides is 1. The molecule has 4 aromatic rings. The third-order valence-corrected chi connectivity index (χ3v) is 7.80. The molecular weight excluding hydrogens is 566 g/mol. The number of nitrogens with zero attached hydrogens (tertiary/aromatic N) is 1.